The second-order valence-electron chi connectivity index (χ2n) is 8.84. The lowest BCUT2D eigenvalue weighted by Crippen LogP contribution is -2.07. The first-order valence-electron chi connectivity index (χ1n) is 11.2. The monoisotopic (exact) mass is 504 g/mol. The molecule has 6 aromatic carbocycles. The van der Waals surface area contributed by atoms with Crippen LogP contribution in [-0.2, 0) is 10.4 Å². The minimum Gasteiger partial charge on any atom is -0.759 e. The molecule has 0 saturated carbocycles. The summed E-state index contributed by atoms with van der Waals surface area (Å²) in [4.78, 5) is 36.8. The van der Waals surface area contributed by atoms with E-state index in [1.807, 2.05) is 72.8 Å². The third-order valence-electron chi connectivity index (χ3n) is 6.90. The van der Waals surface area contributed by atoms with E-state index < -0.39 is 10.4 Å². The molecule has 0 unspecified atom stereocenters. The number of hydrogen-bond acceptors (Lipinski definition) is 8. The molecule has 0 radical (unpaired) electrons. The molecule has 0 amide bonds. The Kier molecular flexibility index (Phi) is 4.24. The molecule has 9 heteroatoms. The van der Waals surface area contributed by atoms with Crippen molar-refractivity contribution in [3.8, 4) is 0 Å². The van der Waals surface area contributed by atoms with E-state index in [0.717, 1.165) is 54.4 Å². The Hall–Kier alpha value is -4.57. The molecule has 0 bridgehead atoms. The van der Waals surface area contributed by atoms with Crippen LogP contribution in [0.1, 0.15) is 0 Å². The van der Waals surface area contributed by atoms with Crippen molar-refractivity contribution in [2.45, 2.75) is 0 Å². The van der Waals surface area contributed by atoms with Crippen molar-refractivity contribution in [1.82, 2.24) is 9.97 Å². The predicted octanol–water partition coefficient (Wildman–Crippen LogP) is 4.24. The maximum absolute atomic E-state index is 13.3. The van der Waals surface area contributed by atoms with Crippen LogP contribution in [0, 0.1) is 0 Å². The lowest BCUT2D eigenvalue weighted by atomic mass is 9.90. The molecule has 0 atom stereocenters. The number of aromatic nitrogens is 2. The molecule has 8 aromatic rings. The van der Waals surface area contributed by atoms with E-state index in [4.69, 9.17) is 27.5 Å². The molecular formula is C28H12N2O6S-2. The number of benzene rings is 6. The van der Waals surface area contributed by atoms with Gasteiger partial charge in [-0.25, -0.2) is 9.97 Å². The summed E-state index contributed by atoms with van der Waals surface area (Å²) in [6, 6.07) is 22.8. The Morgan fingerprint density at radius 3 is 1.22 bits per heavy atom. The zero-order chi connectivity index (χ0) is 25.6. The Bertz CT molecular complexity index is 2280. The van der Waals surface area contributed by atoms with E-state index in [2.05, 4.69) is 0 Å². The first-order valence-corrected chi connectivity index (χ1v) is 12.5. The standard InChI is InChI=1S/C28H12N2O2.H2O4S/c31-27-15-7-3-1-5-13(15)25-21-17(27)9-12-20-23(21)24-19(29-25)11-10-18-22(24)26(30-20)14-6-2-4-8-16(14)28(18)32;1-5(2,3)4/h1-12H;(H2,1,2,3,4)/p-2. The summed E-state index contributed by atoms with van der Waals surface area (Å²) in [5, 5.41) is 7.82. The highest BCUT2D eigenvalue weighted by molar-refractivity contribution is 7.79. The maximum atomic E-state index is 13.3. The average Bonchev–Trinajstić information content (AvgIpc) is 2.88. The fourth-order valence-electron chi connectivity index (χ4n) is 5.55. The van der Waals surface area contributed by atoms with E-state index >= 15 is 0 Å². The molecule has 37 heavy (non-hydrogen) atoms. The van der Waals surface area contributed by atoms with Crippen LogP contribution in [-0.4, -0.2) is 27.5 Å². The van der Waals surface area contributed by atoms with Crippen molar-refractivity contribution in [1.29, 1.82) is 0 Å². The van der Waals surface area contributed by atoms with Crippen molar-refractivity contribution in [3.63, 3.8) is 0 Å². The largest absolute Gasteiger partial charge is 0.759 e. The molecule has 0 aliphatic heterocycles. The molecule has 8 nitrogen and oxygen atoms in total. The third-order valence-corrected chi connectivity index (χ3v) is 6.90. The van der Waals surface area contributed by atoms with E-state index in [-0.39, 0.29) is 10.9 Å². The number of nitrogens with zero attached hydrogens (tertiary/aromatic N) is 2. The smallest absolute Gasteiger partial charge is 0.194 e. The van der Waals surface area contributed by atoms with Gasteiger partial charge >= 0.3 is 0 Å². The van der Waals surface area contributed by atoms with Crippen molar-refractivity contribution < 1.29 is 17.5 Å². The van der Waals surface area contributed by atoms with Crippen LogP contribution < -0.4 is 10.9 Å². The molecule has 0 fully saturated rings. The second-order valence-corrected chi connectivity index (χ2v) is 9.66. The van der Waals surface area contributed by atoms with Crippen molar-refractivity contribution >= 4 is 86.3 Å². The minimum atomic E-state index is -5.17. The topological polar surface area (TPSA) is 140 Å². The van der Waals surface area contributed by atoms with E-state index in [9.17, 15) is 9.59 Å². The summed E-state index contributed by atoms with van der Waals surface area (Å²) in [5.41, 5.74) is 3.24. The normalized spacial score (nSPS) is 12.5. The lowest BCUT2D eigenvalue weighted by Gasteiger charge is -2.17. The average molecular weight is 504 g/mol. The van der Waals surface area contributed by atoms with Crippen LogP contribution in [0.4, 0.5) is 0 Å². The van der Waals surface area contributed by atoms with Gasteiger partial charge in [0.25, 0.3) is 0 Å². The van der Waals surface area contributed by atoms with E-state index in [1.54, 1.807) is 0 Å². The van der Waals surface area contributed by atoms with Crippen molar-refractivity contribution in [3.05, 3.63) is 93.2 Å². The number of rotatable bonds is 0. The minimum absolute atomic E-state index is 0.00166. The fraction of sp³-hybridized carbons (Fsp3) is 0. The van der Waals surface area contributed by atoms with Gasteiger partial charge in [-0.1, -0.05) is 48.5 Å². The third kappa shape index (κ3) is 2.99. The Morgan fingerprint density at radius 1 is 0.486 bits per heavy atom. The first-order chi connectivity index (χ1) is 17.7. The van der Waals surface area contributed by atoms with Gasteiger partial charge in [-0.3, -0.25) is 18.0 Å². The van der Waals surface area contributed by atoms with Gasteiger partial charge in [0.1, 0.15) is 0 Å². The highest BCUT2D eigenvalue weighted by Crippen LogP contribution is 2.42. The van der Waals surface area contributed by atoms with Gasteiger partial charge in [0.15, 0.2) is 10.9 Å². The van der Waals surface area contributed by atoms with Gasteiger partial charge in [-0.05, 0) is 24.3 Å². The Balaban J connectivity index is 0.000000426. The zero-order valence-corrected chi connectivity index (χ0v) is 19.5. The predicted molar refractivity (Wildman–Crippen MR) is 141 cm³/mol. The van der Waals surface area contributed by atoms with Crippen LogP contribution in [0.5, 0.6) is 0 Å². The molecule has 0 spiro atoms. The molecule has 2 heterocycles. The van der Waals surface area contributed by atoms with Crippen LogP contribution >= 0.6 is 0 Å². The lowest BCUT2D eigenvalue weighted by molar-refractivity contribution is 0.352. The molecule has 0 N–H and O–H groups in total. The summed E-state index contributed by atoms with van der Waals surface area (Å²) < 4.78 is 34.1. The summed E-state index contributed by atoms with van der Waals surface area (Å²) in [5.74, 6) is 0. The van der Waals surface area contributed by atoms with E-state index in [1.165, 1.54) is 0 Å². The van der Waals surface area contributed by atoms with Gasteiger partial charge in [-0.15, -0.1) is 0 Å². The molecule has 0 aliphatic rings. The molecule has 0 saturated heterocycles. The molecular weight excluding hydrogens is 492 g/mol. The molecule has 2 aromatic heterocycles. The van der Waals surface area contributed by atoms with Gasteiger partial charge in [0, 0.05) is 64.3 Å². The highest BCUT2D eigenvalue weighted by Gasteiger charge is 2.22. The number of fused-ring (bicyclic) bond motifs is 4. The number of pyridine rings is 2. The zero-order valence-electron chi connectivity index (χ0n) is 18.7. The quantitative estimate of drug-likeness (QED) is 0.129. The van der Waals surface area contributed by atoms with Crippen LogP contribution in [0.25, 0.3) is 75.9 Å². The van der Waals surface area contributed by atoms with Gasteiger partial charge in [0.2, 0.25) is 0 Å². The fourth-order valence-corrected chi connectivity index (χ4v) is 5.55. The first kappa shape index (κ1) is 21.7. The molecule has 178 valence electrons. The molecule has 8 rings (SSSR count). The SMILES string of the molecule is O=S(=O)([O-])[O-].O=c1c2ccccc2c2nc3ccc4c(=O)c5ccccc5c5nc6ccc1c2c6c3c45. The Morgan fingerprint density at radius 2 is 0.838 bits per heavy atom. The second kappa shape index (κ2) is 7.23. The summed E-state index contributed by atoms with van der Waals surface area (Å²) in [6.07, 6.45) is 0. The molecule has 0 aliphatic carbocycles. The summed E-state index contributed by atoms with van der Waals surface area (Å²) in [6.45, 7) is 0. The van der Waals surface area contributed by atoms with Gasteiger partial charge in [0.05, 0.1) is 22.1 Å². The van der Waals surface area contributed by atoms with Gasteiger partial charge in [-0.2, -0.15) is 0 Å². The van der Waals surface area contributed by atoms with Crippen LogP contribution in [0.2, 0.25) is 0 Å². The van der Waals surface area contributed by atoms with E-state index in [0.29, 0.717) is 21.5 Å². The Labute approximate surface area is 207 Å². The van der Waals surface area contributed by atoms with Crippen molar-refractivity contribution in [2.24, 2.45) is 0 Å². The van der Waals surface area contributed by atoms with Crippen LogP contribution in [0.3, 0.4) is 0 Å². The summed E-state index contributed by atoms with van der Waals surface area (Å²) in [7, 11) is -5.17. The van der Waals surface area contributed by atoms with Crippen molar-refractivity contribution in [2.75, 3.05) is 0 Å². The highest BCUT2D eigenvalue weighted by atomic mass is 32.3. The van der Waals surface area contributed by atoms with Gasteiger partial charge < -0.3 is 9.11 Å². The summed E-state index contributed by atoms with van der Waals surface area (Å²) >= 11 is 0. The number of hydrogen-bond donors (Lipinski definition) is 0. The van der Waals surface area contributed by atoms with Crippen LogP contribution in [0.15, 0.2) is 82.4 Å². The maximum Gasteiger partial charge on any atom is 0.194 e.